The highest BCUT2D eigenvalue weighted by molar-refractivity contribution is 9.10. The highest BCUT2D eigenvalue weighted by Gasteiger charge is 2.08. The van der Waals surface area contributed by atoms with Crippen LogP contribution in [0.25, 0.3) is 0 Å². The Balaban J connectivity index is 2.45. The minimum Gasteiger partial charge on any atom is -0.354 e. The molecule has 0 amide bonds. The molecule has 0 saturated heterocycles. The number of rotatable bonds is 2. The molecule has 1 N–H and O–H groups in total. The van der Waals surface area contributed by atoms with Crippen LogP contribution in [-0.2, 0) is 0 Å². The zero-order valence-electron chi connectivity index (χ0n) is 11.2. The van der Waals surface area contributed by atoms with E-state index >= 15 is 0 Å². The van der Waals surface area contributed by atoms with Crippen LogP contribution in [0, 0.1) is 32.1 Å². The molecule has 0 aliphatic carbocycles. The lowest BCUT2D eigenvalue weighted by molar-refractivity contribution is 1.33. The van der Waals surface area contributed by atoms with Gasteiger partial charge in [-0.3, -0.25) is 0 Å². The zero-order valence-corrected chi connectivity index (χ0v) is 12.8. The van der Waals surface area contributed by atoms with Crippen LogP contribution >= 0.6 is 15.9 Å². The second-order valence-corrected chi connectivity index (χ2v) is 5.62. The van der Waals surface area contributed by atoms with Gasteiger partial charge >= 0.3 is 0 Å². The molecule has 0 radical (unpaired) electrons. The Labute approximate surface area is 122 Å². The molecular weight excluding hydrogens is 300 g/mol. The molecule has 0 aromatic heterocycles. The van der Waals surface area contributed by atoms with Gasteiger partial charge in [0.25, 0.3) is 0 Å². The van der Waals surface area contributed by atoms with E-state index in [9.17, 15) is 5.26 Å². The summed E-state index contributed by atoms with van der Waals surface area (Å²) in [6, 6.07) is 12.2. The maximum absolute atomic E-state index is 9.21. The van der Waals surface area contributed by atoms with Crippen molar-refractivity contribution in [2.45, 2.75) is 20.8 Å². The van der Waals surface area contributed by atoms with E-state index in [1.165, 1.54) is 0 Å². The Kier molecular flexibility index (Phi) is 3.92. The van der Waals surface area contributed by atoms with E-state index in [2.05, 4.69) is 53.3 Å². The van der Waals surface area contributed by atoms with E-state index in [0.29, 0.717) is 5.56 Å². The first-order valence-corrected chi connectivity index (χ1v) is 6.85. The molecule has 0 spiro atoms. The van der Waals surface area contributed by atoms with Gasteiger partial charge in [-0.2, -0.15) is 5.26 Å². The van der Waals surface area contributed by atoms with Crippen molar-refractivity contribution in [1.82, 2.24) is 0 Å². The number of benzene rings is 2. The summed E-state index contributed by atoms with van der Waals surface area (Å²) >= 11 is 3.49. The molecular formula is C16H15BrN2. The van der Waals surface area contributed by atoms with Gasteiger partial charge in [-0.25, -0.2) is 0 Å². The standard InChI is InChI=1S/C16H15BrN2/c1-10-4-5-15(13(6-10)9-18)19-16-11(2)7-14(17)8-12(16)3/h4-8,19H,1-3H3. The van der Waals surface area contributed by atoms with Crippen molar-refractivity contribution in [2.75, 3.05) is 5.32 Å². The number of halogens is 1. The monoisotopic (exact) mass is 314 g/mol. The maximum Gasteiger partial charge on any atom is 0.101 e. The van der Waals surface area contributed by atoms with E-state index < -0.39 is 0 Å². The number of nitriles is 1. The van der Waals surface area contributed by atoms with E-state index in [4.69, 9.17) is 0 Å². The van der Waals surface area contributed by atoms with Crippen molar-refractivity contribution in [3.63, 3.8) is 0 Å². The van der Waals surface area contributed by atoms with Gasteiger partial charge < -0.3 is 5.32 Å². The van der Waals surface area contributed by atoms with Gasteiger partial charge in [0, 0.05) is 10.2 Å². The average Bonchev–Trinajstić information content (AvgIpc) is 2.35. The van der Waals surface area contributed by atoms with Gasteiger partial charge in [-0.1, -0.05) is 22.0 Å². The van der Waals surface area contributed by atoms with Crippen LogP contribution in [0.15, 0.2) is 34.8 Å². The van der Waals surface area contributed by atoms with Crippen molar-refractivity contribution < 1.29 is 0 Å². The fraction of sp³-hybridized carbons (Fsp3) is 0.188. The molecule has 0 aliphatic heterocycles. The summed E-state index contributed by atoms with van der Waals surface area (Å²) in [5.74, 6) is 0. The van der Waals surface area contributed by atoms with Gasteiger partial charge in [0.15, 0.2) is 0 Å². The van der Waals surface area contributed by atoms with Crippen LogP contribution in [0.1, 0.15) is 22.3 Å². The van der Waals surface area contributed by atoms with Crippen LogP contribution in [0.3, 0.4) is 0 Å². The fourth-order valence-corrected chi connectivity index (χ4v) is 2.79. The molecule has 0 bridgehead atoms. The van der Waals surface area contributed by atoms with Crippen LogP contribution in [-0.4, -0.2) is 0 Å². The molecule has 2 rings (SSSR count). The number of anilines is 2. The largest absolute Gasteiger partial charge is 0.354 e. The topological polar surface area (TPSA) is 35.8 Å². The Hall–Kier alpha value is -1.79. The van der Waals surface area contributed by atoms with Crippen molar-refractivity contribution in [3.05, 3.63) is 57.1 Å². The Morgan fingerprint density at radius 2 is 1.68 bits per heavy atom. The minimum atomic E-state index is 0.668. The predicted molar refractivity (Wildman–Crippen MR) is 82.8 cm³/mol. The lowest BCUT2D eigenvalue weighted by atomic mass is 10.1. The second kappa shape index (κ2) is 5.46. The summed E-state index contributed by atoms with van der Waals surface area (Å²) in [6.45, 7) is 6.10. The average molecular weight is 315 g/mol. The zero-order chi connectivity index (χ0) is 14.0. The summed E-state index contributed by atoms with van der Waals surface area (Å²) < 4.78 is 1.07. The minimum absolute atomic E-state index is 0.668. The Bertz CT molecular complexity index is 646. The summed E-state index contributed by atoms with van der Waals surface area (Å²) in [5.41, 5.74) is 5.96. The van der Waals surface area contributed by atoms with Gasteiger partial charge in [0.05, 0.1) is 11.3 Å². The van der Waals surface area contributed by atoms with Gasteiger partial charge in [-0.05, 0) is 61.7 Å². The normalized spacial score (nSPS) is 10.1. The van der Waals surface area contributed by atoms with Crippen molar-refractivity contribution in [3.8, 4) is 6.07 Å². The number of hydrogen-bond acceptors (Lipinski definition) is 2. The molecule has 19 heavy (non-hydrogen) atoms. The molecule has 2 aromatic rings. The van der Waals surface area contributed by atoms with E-state index in [-0.39, 0.29) is 0 Å². The van der Waals surface area contributed by atoms with E-state index in [0.717, 1.165) is 32.5 Å². The fourth-order valence-electron chi connectivity index (χ4n) is 2.10. The Morgan fingerprint density at radius 1 is 1.05 bits per heavy atom. The molecule has 0 atom stereocenters. The van der Waals surface area contributed by atoms with E-state index in [1.54, 1.807) is 0 Å². The first-order valence-electron chi connectivity index (χ1n) is 6.06. The van der Waals surface area contributed by atoms with Gasteiger partial charge in [0.1, 0.15) is 6.07 Å². The molecule has 2 aromatic carbocycles. The highest BCUT2D eigenvalue weighted by Crippen LogP contribution is 2.29. The molecule has 0 unspecified atom stereocenters. The molecule has 3 heteroatoms. The number of nitrogens with one attached hydrogen (secondary N) is 1. The van der Waals surface area contributed by atoms with Crippen LogP contribution in [0.5, 0.6) is 0 Å². The smallest absolute Gasteiger partial charge is 0.101 e. The summed E-state index contributed by atoms with van der Waals surface area (Å²) in [7, 11) is 0. The third-order valence-electron chi connectivity index (χ3n) is 3.05. The molecule has 0 heterocycles. The van der Waals surface area contributed by atoms with Crippen molar-refractivity contribution >= 4 is 27.3 Å². The molecule has 96 valence electrons. The van der Waals surface area contributed by atoms with Crippen LogP contribution in [0.4, 0.5) is 11.4 Å². The number of hydrogen-bond donors (Lipinski definition) is 1. The van der Waals surface area contributed by atoms with Crippen LogP contribution < -0.4 is 5.32 Å². The number of aryl methyl sites for hydroxylation is 3. The molecule has 0 fully saturated rings. The first-order chi connectivity index (χ1) is 9.01. The summed E-state index contributed by atoms with van der Waals surface area (Å²) in [5, 5.41) is 12.6. The van der Waals surface area contributed by atoms with Crippen molar-refractivity contribution in [1.29, 1.82) is 5.26 Å². The Morgan fingerprint density at radius 3 is 2.26 bits per heavy atom. The second-order valence-electron chi connectivity index (χ2n) is 4.70. The predicted octanol–water partition coefficient (Wildman–Crippen LogP) is 4.99. The highest BCUT2D eigenvalue weighted by atomic mass is 79.9. The summed E-state index contributed by atoms with van der Waals surface area (Å²) in [6.07, 6.45) is 0. The molecule has 2 nitrogen and oxygen atoms in total. The first kappa shape index (κ1) is 13.6. The molecule has 0 saturated carbocycles. The van der Waals surface area contributed by atoms with Crippen LogP contribution in [0.2, 0.25) is 0 Å². The van der Waals surface area contributed by atoms with Gasteiger partial charge in [0.2, 0.25) is 0 Å². The number of nitrogens with zero attached hydrogens (tertiary/aromatic N) is 1. The molecule has 0 aliphatic rings. The summed E-state index contributed by atoms with van der Waals surface area (Å²) in [4.78, 5) is 0. The van der Waals surface area contributed by atoms with Gasteiger partial charge in [-0.15, -0.1) is 0 Å². The van der Waals surface area contributed by atoms with Crippen molar-refractivity contribution in [2.24, 2.45) is 0 Å². The SMILES string of the molecule is Cc1ccc(Nc2c(C)cc(Br)cc2C)c(C#N)c1. The maximum atomic E-state index is 9.21. The van der Waals surface area contributed by atoms with E-state index in [1.807, 2.05) is 25.1 Å². The lowest BCUT2D eigenvalue weighted by Crippen LogP contribution is -1.98. The quantitative estimate of drug-likeness (QED) is 0.847. The third kappa shape index (κ3) is 2.97. The lowest BCUT2D eigenvalue weighted by Gasteiger charge is -2.14. The third-order valence-corrected chi connectivity index (χ3v) is 3.51.